The summed E-state index contributed by atoms with van der Waals surface area (Å²) in [4.78, 5) is 11.9. The van der Waals surface area contributed by atoms with E-state index in [2.05, 4.69) is 20.3 Å². The second-order valence-corrected chi connectivity index (χ2v) is 4.45. The third-order valence-corrected chi connectivity index (χ3v) is 3.33. The molecule has 2 aromatic heterocycles. The van der Waals surface area contributed by atoms with Gasteiger partial charge in [0.25, 0.3) is 0 Å². The van der Waals surface area contributed by atoms with Crippen LogP contribution in [0.2, 0.25) is 0 Å². The maximum absolute atomic E-state index is 4.46. The first-order valence-corrected chi connectivity index (χ1v) is 6.09. The fourth-order valence-corrected chi connectivity index (χ4v) is 2.33. The number of nitrogens with zero attached hydrogens (tertiary/aromatic N) is 2. The third-order valence-electron chi connectivity index (χ3n) is 3.33. The lowest BCUT2D eigenvalue weighted by atomic mass is 9.95. The van der Waals surface area contributed by atoms with Gasteiger partial charge >= 0.3 is 0 Å². The van der Waals surface area contributed by atoms with Gasteiger partial charge in [0.1, 0.15) is 5.82 Å². The van der Waals surface area contributed by atoms with Gasteiger partial charge in [-0.1, -0.05) is 0 Å². The van der Waals surface area contributed by atoms with Crippen molar-refractivity contribution >= 4 is 0 Å². The largest absolute Gasteiger partial charge is 0.342 e. The first-order chi connectivity index (χ1) is 8.43. The summed E-state index contributed by atoms with van der Waals surface area (Å²) in [5, 5.41) is 3.38. The zero-order valence-corrected chi connectivity index (χ0v) is 9.69. The van der Waals surface area contributed by atoms with Gasteiger partial charge in [0.2, 0.25) is 0 Å². The van der Waals surface area contributed by atoms with E-state index in [1.165, 1.54) is 18.5 Å². The van der Waals surface area contributed by atoms with Crippen LogP contribution in [0.25, 0.3) is 11.4 Å². The minimum absolute atomic E-state index is 0.624. The highest BCUT2D eigenvalue weighted by molar-refractivity contribution is 5.54. The average Bonchev–Trinajstić information content (AvgIpc) is 2.90. The topological polar surface area (TPSA) is 53.6 Å². The number of aromatic nitrogens is 3. The van der Waals surface area contributed by atoms with Crippen molar-refractivity contribution in [3.63, 3.8) is 0 Å². The van der Waals surface area contributed by atoms with Crippen LogP contribution in [-0.4, -0.2) is 28.0 Å². The maximum atomic E-state index is 4.46. The molecule has 1 aliphatic rings. The molecule has 2 aromatic rings. The number of rotatable bonds is 2. The first kappa shape index (κ1) is 10.5. The van der Waals surface area contributed by atoms with Crippen LogP contribution in [0.1, 0.15) is 24.5 Å². The van der Waals surface area contributed by atoms with E-state index in [0.29, 0.717) is 5.92 Å². The normalized spacial score (nSPS) is 17.2. The number of hydrogen-bond acceptors (Lipinski definition) is 3. The molecule has 3 heterocycles. The molecular formula is C13H16N4. The Bertz CT molecular complexity index is 471. The molecule has 0 unspecified atom stereocenters. The van der Waals surface area contributed by atoms with Gasteiger partial charge < -0.3 is 10.3 Å². The quantitative estimate of drug-likeness (QED) is 0.826. The van der Waals surface area contributed by atoms with E-state index < -0.39 is 0 Å². The molecule has 0 amide bonds. The van der Waals surface area contributed by atoms with Gasteiger partial charge in [0.15, 0.2) is 0 Å². The van der Waals surface area contributed by atoms with Crippen LogP contribution in [0.15, 0.2) is 30.7 Å². The molecule has 0 atom stereocenters. The monoisotopic (exact) mass is 228 g/mol. The Morgan fingerprint density at radius 2 is 1.88 bits per heavy atom. The van der Waals surface area contributed by atoms with Crippen molar-refractivity contribution < 1.29 is 0 Å². The smallest absolute Gasteiger partial charge is 0.137 e. The lowest BCUT2D eigenvalue weighted by molar-refractivity contribution is 0.454. The summed E-state index contributed by atoms with van der Waals surface area (Å²) in [5.74, 6) is 1.57. The van der Waals surface area contributed by atoms with E-state index in [-0.39, 0.29) is 0 Å². The van der Waals surface area contributed by atoms with Crippen molar-refractivity contribution in [1.82, 2.24) is 20.3 Å². The van der Waals surface area contributed by atoms with Crippen LogP contribution in [0.5, 0.6) is 0 Å². The zero-order valence-electron chi connectivity index (χ0n) is 9.69. The van der Waals surface area contributed by atoms with Gasteiger partial charge in [-0.05, 0) is 38.1 Å². The standard InChI is InChI=1S/C13H16N4/c1-5-14-6-2-10(1)12-9-16-13(17-12)11-3-7-15-8-4-11/h3-4,7-10,14H,1-2,5-6H2,(H,16,17). The van der Waals surface area contributed by atoms with Crippen molar-refractivity contribution in [2.75, 3.05) is 13.1 Å². The minimum atomic E-state index is 0.624. The van der Waals surface area contributed by atoms with Crippen LogP contribution >= 0.6 is 0 Å². The molecule has 0 radical (unpaired) electrons. The summed E-state index contributed by atoms with van der Waals surface area (Å²) in [6, 6.07) is 3.95. The van der Waals surface area contributed by atoms with Crippen molar-refractivity contribution in [3.8, 4) is 11.4 Å². The molecule has 0 aromatic carbocycles. The summed E-state index contributed by atoms with van der Waals surface area (Å²) in [6.07, 6.45) is 7.95. The predicted octanol–water partition coefficient (Wildman–Crippen LogP) is 1.94. The van der Waals surface area contributed by atoms with Gasteiger partial charge in [-0.25, -0.2) is 4.98 Å². The predicted molar refractivity (Wildman–Crippen MR) is 66.7 cm³/mol. The van der Waals surface area contributed by atoms with Crippen molar-refractivity contribution in [1.29, 1.82) is 0 Å². The fraction of sp³-hybridized carbons (Fsp3) is 0.385. The summed E-state index contributed by atoms with van der Waals surface area (Å²) < 4.78 is 0. The molecule has 4 nitrogen and oxygen atoms in total. The second-order valence-electron chi connectivity index (χ2n) is 4.45. The SMILES string of the molecule is c1cc(-c2ncc(C3CCNCC3)[nH]2)ccn1. The molecule has 88 valence electrons. The first-order valence-electron chi connectivity index (χ1n) is 6.09. The zero-order chi connectivity index (χ0) is 11.5. The fourth-order valence-electron chi connectivity index (χ4n) is 2.33. The van der Waals surface area contributed by atoms with Gasteiger partial charge in [0.05, 0.1) is 0 Å². The molecule has 3 rings (SSSR count). The highest BCUT2D eigenvalue weighted by Gasteiger charge is 2.17. The maximum Gasteiger partial charge on any atom is 0.137 e. The summed E-state index contributed by atoms with van der Waals surface area (Å²) in [5.41, 5.74) is 2.36. The number of H-pyrrole nitrogens is 1. The Balaban J connectivity index is 1.83. The van der Waals surface area contributed by atoms with Gasteiger partial charge in [-0.2, -0.15) is 0 Å². The number of piperidine rings is 1. The molecular weight excluding hydrogens is 212 g/mol. The molecule has 0 aliphatic carbocycles. The Hall–Kier alpha value is -1.68. The summed E-state index contributed by atoms with van der Waals surface area (Å²) in [6.45, 7) is 2.21. The van der Waals surface area contributed by atoms with Crippen LogP contribution in [0, 0.1) is 0 Å². The molecule has 4 heteroatoms. The molecule has 2 N–H and O–H groups in total. The van der Waals surface area contributed by atoms with Crippen molar-refractivity contribution in [3.05, 3.63) is 36.4 Å². The molecule has 1 fully saturated rings. The summed E-state index contributed by atoms with van der Waals surface area (Å²) in [7, 11) is 0. The highest BCUT2D eigenvalue weighted by Crippen LogP contribution is 2.25. The molecule has 0 bridgehead atoms. The molecule has 17 heavy (non-hydrogen) atoms. The van der Waals surface area contributed by atoms with E-state index >= 15 is 0 Å². The lowest BCUT2D eigenvalue weighted by Gasteiger charge is -2.21. The van der Waals surface area contributed by atoms with Crippen LogP contribution in [-0.2, 0) is 0 Å². The van der Waals surface area contributed by atoms with Gasteiger partial charge in [-0.3, -0.25) is 4.98 Å². The number of pyridine rings is 1. The van der Waals surface area contributed by atoms with Crippen molar-refractivity contribution in [2.24, 2.45) is 0 Å². The van der Waals surface area contributed by atoms with E-state index in [4.69, 9.17) is 0 Å². The van der Waals surface area contributed by atoms with Crippen LogP contribution in [0.3, 0.4) is 0 Å². The number of nitrogens with one attached hydrogen (secondary N) is 2. The van der Waals surface area contributed by atoms with Crippen LogP contribution in [0.4, 0.5) is 0 Å². The Morgan fingerprint density at radius 1 is 1.12 bits per heavy atom. The van der Waals surface area contributed by atoms with Gasteiger partial charge in [0, 0.05) is 35.8 Å². The van der Waals surface area contributed by atoms with E-state index in [1.807, 2.05) is 18.3 Å². The number of imidazole rings is 1. The van der Waals surface area contributed by atoms with Crippen LogP contribution < -0.4 is 5.32 Å². The lowest BCUT2D eigenvalue weighted by Crippen LogP contribution is -2.26. The Kier molecular flexibility index (Phi) is 2.88. The average molecular weight is 228 g/mol. The molecule has 0 spiro atoms. The van der Waals surface area contributed by atoms with E-state index in [1.54, 1.807) is 12.4 Å². The van der Waals surface area contributed by atoms with Gasteiger partial charge in [-0.15, -0.1) is 0 Å². The molecule has 1 saturated heterocycles. The molecule has 1 aliphatic heterocycles. The van der Waals surface area contributed by atoms with E-state index in [9.17, 15) is 0 Å². The van der Waals surface area contributed by atoms with E-state index in [0.717, 1.165) is 24.5 Å². The minimum Gasteiger partial charge on any atom is -0.342 e. The Morgan fingerprint density at radius 3 is 2.65 bits per heavy atom. The third kappa shape index (κ3) is 2.22. The number of aromatic amines is 1. The second kappa shape index (κ2) is 4.67. The highest BCUT2D eigenvalue weighted by atomic mass is 14.9. The Labute approximate surface area is 101 Å². The van der Waals surface area contributed by atoms with Crippen molar-refractivity contribution in [2.45, 2.75) is 18.8 Å². The molecule has 0 saturated carbocycles. The summed E-state index contributed by atoms with van der Waals surface area (Å²) >= 11 is 0. The number of hydrogen-bond donors (Lipinski definition) is 2.